The van der Waals surface area contributed by atoms with Crippen LogP contribution < -0.4 is 0 Å². The molecule has 2 aromatic carbocycles. The van der Waals surface area contributed by atoms with Crippen LogP contribution in [0.15, 0.2) is 48.6 Å². The summed E-state index contributed by atoms with van der Waals surface area (Å²) >= 11 is 0. The van der Waals surface area contributed by atoms with Crippen LogP contribution in [0, 0.1) is 0 Å². The summed E-state index contributed by atoms with van der Waals surface area (Å²) in [6, 6.07) is 7.17. The van der Waals surface area contributed by atoms with Crippen LogP contribution in [-0.4, -0.2) is 89.5 Å². The van der Waals surface area contributed by atoms with Gasteiger partial charge in [-0.25, -0.2) is 14.4 Å². The Morgan fingerprint density at radius 3 is 1.70 bits per heavy atom. The summed E-state index contributed by atoms with van der Waals surface area (Å²) in [4.78, 5) is 60.6. The number of hydrogen-bond donors (Lipinski definition) is 7. The second-order valence-corrected chi connectivity index (χ2v) is 9.36. The molecule has 1 saturated carbocycles. The van der Waals surface area contributed by atoms with E-state index in [0.29, 0.717) is 0 Å². The minimum absolute atomic E-state index is 0.219. The van der Waals surface area contributed by atoms with E-state index in [0.717, 1.165) is 48.6 Å². The highest BCUT2D eigenvalue weighted by atomic mass is 16.6. The normalized spacial score (nSPS) is 21.7. The molecule has 2 aromatic rings. The molecule has 3 rings (SSSR count). The summed E-state index contributed by atoms with van der Waals surface area (Å²) < 4.78 is 15.4. The van der Waals surface area contributed by atoms with Crippen LogP contribution in [0.25, 0.3) is 12.2 Å². The molecule has 0 bridgehead atoms. The number of phenolic OH excluding ortho intramolecular Hbond substituents is 4. The predicted octanol–water partition coefficient (Wildman–Crippen LogP) is 1.06. The van der Waals surface area contributed by atoms with E-state index in [-0.39, 0.29) is 11.1 Å². The zero-order chi connectivity index (χ0) is 31.9. The lowest BCUT2D eigenvalue weighted by Gasteiger charge is -2.42. The maximum absolute atomic E-state index is 12.7. The van der Waals surface area contributed by atoms with Crippen LogP contribution in [0.5, 0.6) is 23.0 Å². The van der Waals surface area contributed by atoms with Gasteiger partial charge in [0, 0.05) is 25.0 Å². The van der Waals surface area contributed by atoms with E-state index < -0.39 is 96.0 Å². The molecule has 0 heterocycles. The van der Waals surface area contributed by atoms with Gasteiger partial charge in [-0.3, -0.25) is 9.59 Å². The molecule has 15 heteroatoms. The summed E-state index contributed by atoms with van der Waals surface area (Å²) in [6.45, 7) is 0. The molecule has 0 aromatic heterocycles. The average molecular weight is 603 g/mol. The maximum atomic E-state index is 12.7. The molecule has 1 aliphatic rings. The van der Waals surface area contributed by atoms with Crippen molar-refractivity contribution in [2.75, 3.05) is 0 Å². The molecule has 0 radical (unpaired) electrons. The van der Waals surface area contributed by atoms with Crippen LogP contribution in [0.1, 0.15) is 30.4 Å². The standard InChI is InChI=1S/C28H26O15/c29-16-5-1-14(9-18(16)31)3-7-23(35)41-20-12-28(27(39)40,13-21(26(20)38)42-25(37)11-22(33)34)43-24(36)8-4-15-2-6-17(30)19(32)10-15/h1-10,20-21,26,29-32,38H,11-13H2,(H,33,34)(H,39,40)/b7-3+,8-4+/t20-,21-,26-,28+/m1/s1. The topological polar surface area (TPSA) is 255 Å². The van der Waals surface area contributed by atoms with Crippen molar-refractivity contribution in [2.24, 2.45) is 0 Å². The number of carboxylic acid groups (broad SMARTS) is 2. The zero-order valence-electron chi connectivity index (χ0n) is 22.0. The minimum Gasteiger partial charge on any atom is -0.504 e. The van der Waals surface area contributed by atoms with Gasteiger partial charge in [-0.15, -0.1) is 0 Å². The Morgan fingerprint density at radius 1 is 0.744 bits per heavy atom. The number of benzene rings is 2. The van der Waals surface area contributed by atoms with E-state index >= 15 is 0 Å². The van der Waals surface area contributed by atoms with Crippen molar-refractivity contribution in [1.82, 2.24) is 0 Å². The van der Waals surface area contributed by atoms with Gasteiger partial charge in [0.1, 0.15) is 24.7 Å². The van der Waals surface area contributed by atoms with Gasteiger partial charge >= 0.3 is 29.8 Å². The Bertz CT molecular complexity index is 1480. The molecule has 228 valence electrons. The minimum atomic E-state index is -2.54. The van der Waals surface area contributed by atoms with Crippen LogP contribution in [0.2, 0.25) is 0 Å². The van der Waals surface area contributed by atoms with Gasteiger partial charge in [-0.05, 0) is 47.5 Å². The van der Waals surface area contributed by atoms with Crippen LogP contribution >= 0.6 is 0 Å². The molecule has 0 unspecified atom stereocenters. The van der Waals surface area contributed by atoms with Crippen molar-refractivity contribution in [3.8, 4) is 23.0 Å². The molecule has 7 N–H and O–H groups in total. The lowest BCUT2D eigenvalue weighted by Crippen LogP contribution is -2.59. The van der Waals surface area contributed by atoms with Gasteiger partial charge in [-0.2, -0.15) is 0 Å². The quantitative estimate of drug-likeness (QED) is 0.0659. The SMILES string of the molecule is O=C(O)CC(=O)O[C@@H]1C[C@](OC(=O)/C=C/c2ccc(O)c(O)c2)(C(=O)O)C[C@@H](OC(=O)/C=C/c2ccc(O)c(O)c2)[C@H]1O. The first-order valence-electron chi connectivity index (χ1n) is 12.4. The lowest BCUT2D eigenvalue weighted by molar-refractivity contribution is -0.213. The number of carbonyl (C=O) groups is 5. The van der Waals surface area contributed by atoms with Crippen molar-refractivity contribution in [2.45, 2.75) is 43.2 Å². The summed E-state index contributed by atoms with van der Waals surface area (Å²) in [5, 5.41) is 67.7. The smallest absolute Gasteiger partial charge is 0.348 e. The Morgan fingerprint density at radius 2 is 1.23 bits per heavy atom. The molecular formula is C28H26O15. The highest BCUT2D eigenvalue weighted by molar-refractivity contribution is 5.92. The number of hydrogen-bond acceptors (Lipinski definition) is 13. The largest absolute Gasteiger partial charge is 0.504 e. The monoisotopic (exact) mass is 602 g/mol. The molecule has 0 spiro atoms. The molecule has 0 saturated heterocycles. The number of esters is 3. The molecule has 4 atom stereocenters. The Labute approximate surface area is 242 Å². The van der Waals surface area contributed by atoms with E-state index in [2.05, 4.69) is 0 Å². The number of aliphatic hydroxyl groups is 1. The van der Waals surface area contributed by atoms with Gasteiger partial charge in [0.15, 0.2) is 23.0 Å². The fourth-order valence-corrected chi connectivity index (χ4v) is 4.10. The second kappa shape index (κ2) is 13.4. The molecular weight excluding hydrogens is 576 g/mol. The molecule has 15 nitrogen and oxygen atoms in total. The molecule has 1 aliphatic carbocycles. The number of carboxylic acids is 2. The number of aromatic hydroxyl groups is 4. The van der Waals surface area contributed by atoms with Crippen LogP contribution in [0.4, 0.5) is 0 Å². The third kappa shape index (κ3) is 8.46. The summed E-state index contributed by atoms with van der Waals surface area (Å²) in [5.41, 5.74) is -2.07. The predicted molar refractivity (Wildman–Crippen MR) is 141 cm³/mol. The fourth-order valence-electron chi connectivity index (χ4n) is 4.10. The van der Waals surface area contributed by atoms with E-state index in [1.807, 2.05) is 0 Å². The molecule has 0 aliphatic heterocycles. The first-order chi connectivity index (χ1) is 20.2. The zero-order valence-corrected chi connectivity index (χ0v) is 22.0. The summed E-state index contributed by atoms with van der Waals surface area (Å²) in [5.74, 6) is -8.88. The first kappa shape index (κ1) is 32.0. The number of aliphatic hydroxyl groups excluding tert-OH is 1. The number of ether oxygens (including phenoxy) is 3. The Hall–Kier alpha value is -5.57. The molecule has 1 fully saturated rings. The summed E-state index contributed by atoms with van der Waals surface area (Å²) in [6.07, 6.45) is -4.26. The number of aliphatic carboxylic acids is 2. The Kier molecular flexibility index (Phi) is 9.95. The van der Waals surface area contributed by atoms with Crippen molar-refractivity contribution in [3.63, 3.8) is 0 Å². The van der Waals surface area contributed by atoms with Gasteiger partial charge in [0.25, 0.3) is 0 Å². The van der Waals surface area contributed by atoms with Crippen molar-refractivity contribution >= 4 is 42.0 Å². The number of rotatable bonds is 10. The van der Waals surface area contributed by atoms with Crippen molar-refractivity contribution in [1.29, 1.82) is 0 Å². The van der Waals surface area contributed by atoms with Crippen molar-refractivity contribution in [3.05, 3.63) is 59.7 Å². The van der Waals surface area contributed by atoms with E-state index in [1.165, 1.54) is 12.1 Å². The van der Waals surface area contributed by atoms with E-state index in [4.69, 9.17) is 19.3 Å². The molecule has 43 heavy (non-hydrogen) atoms. The highest BCUT2D eigenvalue weighted by Crippen LogP contribution is 2.37. The van der Waals surface area contributed by atoms with Gasteiger partial charge in [-0.1, -0.05) is 12.1 Å². The fraction of sp³-hybridized carbons (Fsp3) is 0.250. The number of phenols is 4. The Balaban J connectivity index is 1.86. The maximum Gasteiger partial charge on any atom is 0.348 e. The van der Waals surface area contributed by atoms with Gasteiger partial charge < -0.3 is 50.0 Å². The average Bonchev–Trinajstić information content (AvgIpc) is 2.92. The third-order valence-corrected chi connectivity index (χ3v) is 6.18. The third-order valence-electron chi connectivity index (χ3n) is 6.18. The lowest BCUT2D eigenvalue weighted by atomic mass is 9.79. The highest BCUT2D eigenvalue weighted by Gasteiger charge is 2.56. The van der Waals surface area contributed by atoms with Crippen molar-refractivity contribution < 1.29 is 73.9 Å². The van der Waals surface area contributed by atoms with Gasteiger partial charge in [0.2, 0.25) is 5.60 Å². The van der Waals surface area contributed by atoms with Gasteiger partial charge in [0.05, 0.1) is 0 Å². The number of carbonyl (C=O) groups excluding carboxylic acids is 3. The van der Waals surface area contributed by atoms with Crippen LogP contribution in [0.3, 0.4) is 0 Å². The van der Waals surface area contributed by atoms with Crippen LogP contribution in [-0.2, 0) is 38.2 Å². The van der Waals surface area contributed by atoms with E-state index in [1.54, 1.807) is 0 Å². The summed E-state index contributed by atoms with van der Waals surface area (Å²) in [7, 11) is 0. The van der Waals surface area contributed by atoms with E-state index in [9.17, 15) is 54.6 Å². The second-order valence-electron chi connectivity index (χ2n) is 9.36. The first-order valence-corrected chi connectivity index (χ1v) is 12.4. The molecule has 0 amide bonds.